The molecule has 0 atom stereocenters. The van der Waals surface area contributed by atoms with Gasteiger partial charge in [0.05, 0.1) is 18.3 Å². The molecule has 0 radical (unpaired) electrons. The Morgan fingerprint density at radius 1 is 1.26 bits per heavy atom. The lowest BCUT2D eigenvalue weighted by Gasteiger charge is -2.08. The first-order valence-corrected chi connectivity index (χ1v) is 8.39. The van der Waals surface area contributed by atoms with E-state index >= 15 is 0 Å². The molecule has 0 amide bonds. The van der Waals surface area contributed by atoms with Crippen molar-refractivity contribution < 1.29 is 4.79 Å². The summed E-state index contributed by atoms with van der Waals surface area (Å²) in [6.45, 7) is 5.97. The summed E-state index contributed by atoms with van der Waals surface area (Å²) in [6.07, 6.45) is 2.35. The summed E-state index contributed by atoms with van der Waals surface area (Å²) in [4.78, 5) is 31.2. The zero-order valence-electron chi connectivity index (χ0n) is 13.4. The Bertz CT molecular complexity index is 953. The molecule has 4 nitrogen and oxygen atoms in total. The van der Waals surface area contributed by atoms with Gasteiger partial charge in [0.2, 0.25) is 0 Å². The molecule has 0 aliphatic carbocycles. The smallest absolute Gasteiger partial charge is 0.262 e. The summed E-state index contributed by atoms with van der Waals surface area (Å²) in [6, 6.07) is 7.60. The Hall–Kier alpha value is -2.27. The summed E-state index contributed by atoms with van der Waals surface area (Å²) in [5.41, 5.74) is 2.55. The number of rotatable bonds is 4. The lowest BCUT2D eigenvalue weighted by atomic mass is 10.0. The van der Waals surface area contributed by atoms with Crippen molar-refractivity contribution in [3.8, 4) is 0 Å². The van der Waals surface area contributed by atoms with Gasteiger partial charge >= 0.3 is 0 Å². The number of hydrogen-bond acceptors (Lipinski definition) is 4. The van der Waals surface area contributed by atoms with E-state index in [9.17, 15) is 9.59 Å². The van der Waals surface area contributed by atoms with Crippen LogP contribution >= 0.6 is 11.3 Å². The van der Waals surface area contributed by atoms with Crippen molar-refractivity contribution in [2.24, 2.45) is 0 Å². The molecule has 5 heteroatoms. The highest BCUT2D eigenvalue weighted by atomic mass is 32.1. The second-order valence-corrected chi connectivity index (χ2v) is 6.82. The molecule has 0 N–H and O–H groups in total. The molecular weight excluding hydrogens is 308 g/mol. The number of ketones is 1. The maximum absolute atomic E-state index is 12.5. The third-order valence-electron chi connectivity index (χ3n) is 3.91. The van der Waals surface area contributed by atoms with Crippen molar-refractivity contribution in [2.75, 3.05) is 0 Å². The molecule has 0 bridgehead atoms. The van der Waals surface area contributed by atoms with E-state index < -0.39 is 0 Å². The highest BCUT2D eigenvalue weighted by Gasteiger charge is 2.13. The quantitative estimate of drug-likeness (QED) is 0.689. The highest BCUT2D eigenvalue weighted by Crippen LogP contribution is 2.21. The zero-order chi connectivity index (χ0) is 16.6. The van der Waals surface area contributed by atoms with E-state index in [-0.39, 0.29) is 17.9 Å². The first kappa shape index (κ1) is 15.6. The molecule has 23 heavy (non-hydrogen) atoms. The van der Waals surface area contributed by atoms with Gasteiger partial charge in [-0.3, -0.25) is 14.2 Å². The Balaban J connectivity index is 1.96. The fourth-order valence-corrected chi connectivity index (χ4v) is 3.59. The molecule has 0 aliphatic heterocycles. The van der Waals surface area contributed by atoms with Crippen LogP contribution in [0.15, 0.2) is 35.4 Å². The van der Waals surface area contributed by atoms with Crippen LogP contribution < -0.4 is 5.56 Å². The Morgan fingerprint density at radius 3 is 2.74 bits per heavy atom. The Morgan fingerprint density at radius 2 is 2.04 bits per heavy atom. The van der Waals surface area contributed by atoms with Crippen LogP contribution in [-0.2, 0) is 13.0 Å². The molecule has 0 aliphatic rings. The Labute approximate surface area is 138 Å². The fourth-order valence-electron chi connectivity index (χ4n) is 2.66. The minimum Gasteiger partial charge on any atom is -0.292 e. The predicted molar refractivity (Wildman–Crippen MR) is 93.5 cm³/mol. The summed E-state index contributed by atoms with van der Waals surface area (Å²) < 4.78 is 1.40. The molecule has 2 heterocycles. The summed E-state index contributed by atoms with van der Waals surface area (Å²) in [5, 5.41) is 0.600. The van der Waals surface area contributed by atoms with Crippen LogP contribution in [0.3, 0.4) is 0 Å². The fraction of sp³-hybridized carbons (Fsp3) is 0.278. The van der Waals surface area contributed by atoms with Crippen molar-refractivity contribution >= 4 is 27.3 Å². The number of nitrogens with zero attached hydrogens (tertiary/aromatic N) is 2. The van der Waals surface area contributed by atoms with Crippen LogP contribution in [0, 0.1) is 13.8 Å². The van der Waals surface area contributed by atoms with Gasteiger partial charge in [0.15, 0.2) is 5.78 Å². The second-order valence-electron chi connectivity index (χ2n) is 5.70. The van der Waals surface area contributed by atoms with E-state index in [1.807, 2.05) is 45.0 Å². The van der Waals surface area contributed by atoms with Crippen LogP contribution in [-0.4, -0.2) is 15.3 Å². The molecule has 3 rings (SSSR count). The molecule has 2 aromatic heterocycles. The van der Waals surface area contributed by atoms with Crippen LogP contribution in [0.4, 0.5) is 0 Å². The van der Waals surface area contributed by atoms with Gasteiger partial charge in [0, 0.05) is 10.4 Å². The van der Waals surface area contributed by atoms with Gasteiger partial charge in [0.25, 0.3) is 5.56 Å². The van der Waals surface area contributed by atoms with Crippen LogP contribution in [0.25, 0.3) is 10.2 Å². The van der Waals surface area contributed by atoms with Crippen molar-refractivity contribution in [1.29, 1.82) is 0 Å². The summed E-state index contributed by atoms with van der Waals surface area (Å²) >= 11 is 1.53. The number of fused-ring (bicyclic) bond motifs is 1. The molecule has 0 unspecified atom stereocenters. The van der Waals surface area contributed by atoms with Gasteiger partial charge in [-0.15, -0.1) is 11.3 Å². The number of thiophene rings is 1. The number of Topliss-reactive ketones (excluding diaryl/α,β-unsaturated/α-hetero) is 1. The predicted octanol–water partition coefficient (Wildman–Crippen LogP) is 3.52. The third kappa shape index (κ3) is 2.97. The first-order valence-electron chi connectivity index (χ1n) is 7.58. The topological polar surface area (TPSA) is 52.0 Å². The molecule has 0 fully saturated rings. The van der Waals surface area contributed by atoms with Crippen LogP contribution in [0.5, 0.6) is 0 Å². The van der Waals surface area contributed by atoms with E-state index in [1.165, 1.54) is 22.2 Å². The van der Waals surface area contributed by atoms with Crippen molar-refractivity contribution in [1.82, 2.24) is 9.55 Å². The van der Waals surface area contributed by atoms with Crippen molar-refractivity contribution in [3.63, 3.8) is 0 Å². The van der Waals surface area contributed by atoms with E-state index in [0.29, 0.717) is 10.9 Å². The molecular formula is C18H18N2O2S. The molecule has 0 saturated carbocycles. The van der Waals surface area contributed by atoms with E-state index in [0.717, 1.165) is 27.3 Å². The number of hydrogen-bond donors (Lipinski definition) is 0. The van der Waals surface area contributed by atoms with Gasteiger partial charge in [0.1, 0.15) is 4.83 Å². The van der Waals surface area contributed by atoms with Crippen LogP contribution in [0.2, 0.25) is 0 Å². The van der Waals surface area contributed by atoms with Gasteiger partial charge < -0.3 is 0 Å². The number of benzene rings is 1. The average Bonchev–Trinajstić information content (AvgIpc) is 2.94. The van der Waals surface area contributed by atoms with Gasteiger partial charge in [-0.05, 0) is 31.9 Å². The average molecular weight is 326 g/mol. The lowest BCUT2D eigenvalue weighted by molar-refractivity contribution is 0.0970. The molecule has 3 aromatic rings. The number of aromatic nitrogens is 2. The minimum atomic E-state index is -0.149. The highest BCUT2D eigenvalue weighted by molar-refractivity contribution is 7.18. The van der Waals surface area contributed by atoms with E-state index in [1.54, 1.807) is 0 Å². The second kappa shape index (κ2) is 6.08. The maximum Gasteiger partial charge on any atom is 0.262 e. The monoisotopic (exact) mass is 326 g/mol. The molecule has 1 aromatic carbocycles. The van der Waals surface area contributed by atoms with Gasteiger partial charge in [-0.2, -0.15) is 0 Å². The zero-order valence-corrected chi connectivity index (χ0v) is 14.2. The largest absolute Gasteiger partial charge is 0.292 e. The number of carbonyl (C=O) groups is 1. The maximum atomic E-state index is 12.5. The number of aryl methyl sites for hydroxylation is 3. The summed E-state index contributed by atoms with van der Waals surface area (Å²) in [7, 11) is 0. The van der Waals surface area contributed by atoms with E-state index in [4.69, 9.17) is 0 Å². The Kier molecular flexibility index (Phi) is 4.13. The number of carbonyl (C=O) groups excluding carboxylic acids is 1. The molecule has 118 valence electrons. The van der Waals surface area contributed by atoms with E-state index in [2.05, 4.69) is 4.98 Å². The van der Waals surface area contributed by atoms with Gasteiger partial charge in [-0.25, -0.2) is 4.98 Å². The lowest BCUT2D eigenvalue weighted by Crippen LogP contribution is -2.24. The van der Waals surface area contributed by atoms with Gasteiger partial charge in [-0.1, -0.05) is 30.7 Å². The first-order chi connectivity index (χ1) is 11.0. The normalized spacial score (nSPS) is 11.1. The van der Waals surface area contributed by atoms with Crippen molar-refractivity contribution in [3.05, 3.63) is 62.5 Å². The van der Waals surface area contributed by atoms with Crippen LogP contribution in [0.1, 0.15) is 33.3 Å². The van der Waals surface area contributed by atoms with Crippen molar-refractivity contribution in [2.45, 2.75) is 33.7 Å². The molecule has 0 saturated heterocycles. The standard InChI is InChI=1S/C18H18N2O2S/c1-4-13-8-15-17(23-13)19-10-20(18(15)22)9-16(21)14-6-5-11(2)7-12(14)3/h5-8,10H,4,9H2,1-3H3. The molecule has 0 spiro atoms. The minimum absolute atomic E-state index is 0.0168. The summed E-state index contributed by atoms with van der Waals surface area (Å²) in [5.74, 6) is -0.0725. The third-order valence-corrected chi connectivity index (χ3v) is 5.10. The SMILES string of the molecule is CCc1cc2c(=O)n(CC(=O)c3ccc(C)cc3C)cnc2s1.